The maximum absolute atomic E-state index is 13.0. The van der Waals surface area contributed by atoms with Crippen molar-refractivity contribution in [1.82, 2.24) is 4.90 Å². The van der Waals surface area contributed by atoms with E-state index in [0.29, 0.717) is 0 Å². The van der Waals surface area contributed by atoms with Crippen LogP contribution in [0.5, 0.6) is 0 Å². The van der Waals surface area contributed by atoms with Crippen molar-refractivity contribution in [2.24, 2.45) is 0 Å². The first-order valence-corrected chi connectivity index (χ1v) is 5.09. The minimum atomic E-state index is -6.92. The van der Waals surface area contributed by atoms with Gasteiger partial charge in [0, 0.05) is 13.0 Å². The molecule has 0 aromatic rings. The van der Waals surface area contributed by atoms with Crippen molar-refractivity contribution in [2.75, 3.05) is 20.6 Å². The zero-order valence-corrected chi connectivity index (χ0v) is 10.3. The van der Waals surface area contributed by atoms with Crippen LogP contribution in [0.4, 0.5) is 39.5 Å². The molecule has 0 bridgehead atoms. The third kappa shape index (κ3) is 3.68. The number of hydrogen-bond donors (Lipinski definition) is 1. The van der Waals surface area contributed by atoms with E-state index in [9.17, 15) is 39.5 Å². The number of rotatable bonds is 6. The zero-order chi connectivity index (χ0) is 16.6. The van der Waals surface area contributed by atoms with E-state index < -0.39 is 43.0 Å². The minimum Gasteiger partial charge on any atom is -0.392 e. The molecule has 0 fully saturated rings. The van der Waals surface area contributed by atoms with E-state index >= 15 is 0 Å². The Balaban J connectivity index is 5.26. The van der Waals surface area contributed by atoms with Crippen LogP contribution in [0.25, 0.3) is 0 Å². The molecule has 0 aliphatic heterocycles. The van der Waals surface area contributed by atoms with E-state index in [1.807, 2.05) is 0 Å². The number of aliphatic hydroxyl groups excluding tert-OH is 1. The first-order chi connectivity index (χ1) is 8.56. The number of alkyl halides is 9. The standard InChI is InChI=1S/C9H12F9NO/c1-19(2)4-5(20)3-6(10,11)7(12,13)8(14,15)9(16,17)18/h5,20H,3-4H2,1-2H3/t5-/m0/s1. The van der Waals surface area contributed by atoms with Gasteiger partial charge in [-0.15, -0.1) is 0 Å². The van der Waals surface area contributed by atoms with Crippen molar-refractivity contribution in [3.63, 3.8) is 0 Å². The Morgan fingerprint density at radius 3 is 1.55 bits per heavy atom. The van der Waals surface area contributed by atoms with Crippen LogP contribution in [-0.2, 0) is 0 Å². The second kappa shape index (κ2) is 5.58. The van der Waals surface area contributed by atoms with E-state index in [4.69, 9.17) is 5.11 Å². The molecule has 0 aromatic heterocycles. The first kappa shape index (κ1) is 19.3. The van der Waals surface area contributed by atoms with Crippen molar-refractivity contribution in [3.8, 4) is 0 Å². The summed E-state index contributed by atoms with van der Waals surface area (Å²) >= 11 is 0. The molecule has 1 atom stereocenters. The lowest BCUT2D eigenvalue weighted by Gasteiger charge is -2.34. The van der Waals surface area contributed by atoms with Crippen LogP contribution in [0.2, 0.25) is 0 Å². The lowest BCUT2D eigenvalue weighted by molar-refractivity contribution is -0.398. The summed E-state index contributed by atoms with van der Waals surface area (Å²) in [7, 11) is 2.51. The fourth-order valence-electron chi connectivity index (χ4n) is 1.32. The van der Waals surface area contributed by atoms with E-state index in [1.54, 1.807) is 0 Å². The fraction of sp³-hybridized carbons (Fsp3) is 1.00. The predicted octanol–water partition coefficient (Wildman–Crippen LogP) is 2.77. The van der Waals surface area contributed by atoms with Crippen molar-refractivity contribution in [3.05, 3.63) is 0 Å². The third-order valence-electron chi connectivity index (χ3n) is 2.28. The van der Waals surface area contributed by atoms with Crippen LogP contribution in [0.1, 0.15) is 6.42 Å². The molecule has 0 saturated heterocycles. The van der Waals surface area contributed by atoms with Gasteiger partial charge >= 0.3 is 23.9 Å². The Labute approximate surface area is 108 Å². The molecule has 0 aliphatic rings. The molecule has 0 rings (SSSR count). The lowest BCUT2D eigenvalue weighted by Crippen LogP contribution is -2.61. The molecule has 1 N–H and O–H groups in total. The van der Waals surface area contributed by atoms with Crippen molar-refractivity contribution < 1.29 is 44.6 Å². The summed E-state index contributed by atoms with van der Waals surface area (Å²) in [4.78, 5) is 1.07. The number of aliphatic hydroxyl groups is 1. The number of likely N-dealkylation sites (N-methyl/N-ethyl adjacent to an activating group) is 1. The van der Waals surface area contributed by atoms with E-state index in [0.717, 1.165) is 4.90 Å². The summed E-state index contributed by atoms with van der Waals surface area (Å²) in [5.41, 5.74) is 0. The first-order valence-electron chi connectivity index (χ1n) is 5.09. The molecule has 0 heterocycles. The summed E-state index contributed by atoms with van der Waals surface area (Å²) in [5, 5.41) is 9.01. The Morgan fingerprint density at radius 1 is 0.850 bits per heavy atom. The van der Waals surface area contributed by atoms with E-state index in [-0.39, 0.29) is 0 Å². The fourth-order valence-corrected chi connectivity index (χ4v) is 1.32. The molecular weight excluding hydrogens is 309 g/mol. The number of halogens is 9. The Bertz CT molecular complexity index is 326. The van der Waals surface area contributed by atoms with Crippen LogP contribution < -0.4 is 0 Å². The van der Waals surface area contributed by atoms with Crippen LogP contribution in [0.3, 0.4) is 0 Å². The zero-order valence-electron chi connectivity index (χ0n) is 10.3. The Hall–Kier alpha value is -0.710. The summed E-state index contributed by atoms with van der Waals surface area (Å²) in [6.45, 7) is -0.608. The highest BCUT2D eigenvalue weighted by Gasteiger charge is 2.81. The van der Waals surface area contributed by atoms with Gasteiger partial charge in [-0.3, -0.25) is 0 Å². The smallest absolute Gasteiger partial charge is 0.392 e. The lowest BCUT2D eigenvalue weighted by atomic mass is 9.98. The average Bonchev–Trinajstić information content (AvgIpc) is 2.12. The minimum absolute atomic E-state index is 0.608. The molecular formula is C9H12F9NO. The molecule has 20 heavy (non-hydrogen) atoms. The highest BCUT2D eigenvalue weighted by Crippen LogP contribution is 2.54. The number of nitrogens with zero attached hydrogens (tertiary/aromatic N) is 1. The molecule has 122 valence electrons. The van der Waals surface area contributed by atoms with E-state index in [2.05, 4.69) is 0 Å². The highest BCUT2D eigenvalue weighted by molar-refractivity contribution is 5.01. The van der Waals surface area contributed by atoms with Gasteiger partial charge in [-0.25, -0.2) is 0 Å². The van der Waals surface area contributed by atoms with Gasteiger partial charge in [-0.1, -0.05) is 0 Å². The van der Waals surface area contributed by atoms with Gasteiger partial charge in [0.2, 0.25) is 0 Å². The van der Waals surface area contributed by atoms with Crippen LogP contribution in [0.15, 0.2) is 0 Å². The Morgan fingerprint density at radius 2 is 1.25 bits per heavy atom. The topological polar surface area (TPSA) is 23.5 Å². The monoisotopic (exact) mass is 321 g/mol. The summed E-state index contributed by atoms with van der Waals surface area (Å²) in [5.74, 6) is -19.3. The summed E-state index contributed by atoms with van der Waals surface area (Å²) in [6, 6.07) is 0. The van der Waals surface area contributed by atoms with Crippen molar-refractivity contribution >= 4 is 0 Å². The van der Waals surface area contributed by atoms with Gasteiger partial charge in [0.25, 0.3) is 0 Å². The molecule has 11 heteroatoms. The maximum Gasteiger partial charge on any atom is 0.460 e. The van der Waals surface area contributed by atoms with Gasteiger partial charge in [-0.05, 0) is 14.1 Å². The predicted molar refractivity (Wildman–Crippen MR) is 50.1 cm³/mol. The van der Waals surface area contributed by atoms with Crippen LogP contribution >= 0.6 is 0 Å². The van der Waals surface area contributed by atoms with Crippen LogP contribution in [-0.4, -0.2) is 60.7 Å². The third-order valence-corrected chi connectivity index (χ3v) is 2.28. The molecule has 0 amide bonds. The molecule has 0 radical (unpaired) electrons. The second-order valence-corrected chi connectivity index (χ2v) is 4.47. The summed E-state index contributed by atoms with van der Waals surface area (Å²) in [6.07, 6.45) is -11.3. The second-order valence-electron chi connectivity index (χ2n) is 4.47. The van der Waals surface area contributed by atoms with Crippen molar-refractivity contribution in [1.29, 1.82) is 0 Å². The van der Waals surface area contributed by atoms with Gasteiger partial charge in [-0.2, -0.15) is 39.5 Å². The maximum atomic E-state index is 13.0. The normalized spacial score (nSPS) is 16.6. The van der Waals surface area contributed by atoms with Gasteiger partial charge in [0.15, 0.2) is 0 Å². The molecule has 0 unspecified atom stereocenters. The molecule has 0 aromatic carbocycles. The molecule has 0 spiro atoms. The molecule has 0 aliphatic carbocycles. The highest BCUT2D eigenvalue weighted by atomic mass is 19.4. The Kier molecular flexibility index (Phi) is 5.39. The average molecular weight is 321 g/mol. The van der Waals surface area contributed by atoms with Crippen LogP contribution in [0, 0.1) is 0 Å². The number of hydrogen-bond acceptors (Lipinski definition) is 2. The summed E-state index contributed by atoms with van der Waals surface area (Å²) < 4.78 is 112. The quantitative estimate of drug-likeness (QED) is 0.761. The molecule has 2 nitrogen and oxygen atoms in total. The van der Waals surface area contributed by atoms with Gasteiger partial charge in [0.05, 0.1) is 6.10 Å². The van der Waals surface area contributed by atoms with Crippen molar-refractivity contribution in [2.45, 2.75) is 36.5 Å². The SMILES string of the molecule is CN(C)C[C@@H](O)CC(F)(F)C(F)(F)C(F)(F)C(F)(F)F. The van der Waals surface area contributed by atoms with Gasteiger partial charge < -0.3 is 10.0 Å². The van der Waals surface area contributed by atoms with Gasteiger partial charge in [0.1, 0.15) is 0 Å². The largest absolute Gasteiger partial charge is 0.460 e. The van der Waals surface area contributed by atoms with E-state index in [1.165, 1.54) is 14.1 Å². The molecule has 0 saturated carbocycles.